The summed E-state index contributed by atoms with van der Waals surface area (Å²) in [6, 6.07) is 17.7. The summed E-state index contributed by atoms with van der Waals surface area (Å²) in [5.41, 5.74) is 4.08. The van der Waals surface area contributed by atoms with Crippen molar-refractivity contribution in [2.45, 2.75) is 51.1 Å². The van der Waals surface area contributed by atoms with Gasteiger partial charge >= 0.3 is 0 Å². The van der Waals surface area contributed by atoms with E-state index in [0.29, 0.717) is 0 Å². The van der Waals surface area contributed by atoms with Gasteiger partial charge in [-0.2, -0.15) is 0 Å². The minimum absolute atomic E-state index is 0.743. The largest absolute Gasteiger partial charge is 0.497 e. The van der Waals surface area contributed by atoms with Crippen molar-refractivity contribution in [2.75, 3.05) is 39.8 Å². The van der Waals surface area contributed by atoms with E-state index in [1.165, 1.54) is 56.4 Å². The maximum absolute atomic E-state index is 5.41. The van der Waals surface area contributed by atoms with E-state index < -0.39 is 0 Å². The molecule has 184 valence electrons. The van der Waals surface area contributed by atoms with E-state index in [1.807, 2.05) is 18.2 Å². The van der Waals surface area contributed by atoms with E-state index in [-0.39, 0.29) is 0 Å². The van der Waals surface area contributed by atoms with Crippen molar-refractivity contribution in [3.63, 3.8) is 0 Å². The third-order valence-corrected chi connectivity index (χ3v) is 8.25. The summed E-state index contributed by atoms with van der Waals surface area (Å²) in [5, 5.41) is 9.04. The van der Waals surface area contributed by atoms with Crippen LogP contribution in [0.25, 0.3) is 11.4 Å². The van der Waals surface area contributed by atoms with Crippen LogP contribution >= 0.6 is 0 Å². The molecule has 0 spiro atoms. The van der Waals surface area contributed by atoms with Crippen molar-refractivity contribution in [3.8, 4) is 17.1 Å². The van der Waals surface area contributed by atoms with Gasteiger partial charge in [0.05, 0.1) is 7.11 Å². The molecule has 35 heavy (non-hydrogen) atoms. The summed E-state index contributed by atoms with van der Waals surface area (Å²) < 4.78 is 7.71. The minimum Gasteiger partial charge on any atom is -0.497 e. The second-order valence-electron chi connectivity index (χ2n) is 10.6. The van der Waals surface area contributed by atoms with Crippen molar-refractivity contribution in [2.24, 2.45) is 5.92 Å². The Bertz CT molecular complexity index is 1130. The van der Waals surface area contributed by atoms with Crippen LogP contribution in [0.15, 0.2) is 48.5 Å². The molecule has 2 aliphatic heterocycles. The number of benzene rings is 2. The van der Waals surface area contributed by atoms with Crippen molar-refractivity contribution in [3.05, 3.63) is 65.5 Å². The smallest absolute Gasteiger partial charge is 0.164 e. The fourth-order valence-corrected chi connectivity index (χ4v) is 6.14. The summed E-state index contributed by atoms with van der Waals surface area (Å²) in [5.74, 6) is 4.47. The van der Waals surface area contributed by atoms with Gasteiger partial charge in [0.1, 0.15) is 11.6 Å². The van der Waals surface area contributed by atoms with Crippen molar-refractivity contribution in [1.82, 2.24) is 24.6 Å². The first kappa shape index (κ1) is 22.7. The summed E-state index contributed by atoms with van der Waals surface area (Å²) in [7, 11) is 1.71. The standard InChI is InChI=1S/C29H37N5O/c1-35-27-6-4-5-25(19-27)29-31-30-28-11-14-33(15-16-34(28)29)21-23-17-26(18-23)24-9-7-22(8-10-24)20-32-12-2-3-13-32/h4-10,19,23,26H,2-3,11-18,20-21H2,1H3/t23-,26-. The molecule has 6 nitrogen and oxygen atoms in total. The average molecular weight is 472 g/mol. The maximum Gasteiger partial charge on any atom is 0.164 e. The number of hydrogen-bond acceptors (Lipinski definition) is 5. The molecule has 3 heterocycles. The molecule has 0 atom stereocenters. The first-order valence-electron chi connectivity index (χ1n) is 13.4. The molecule has 0 unspecified atom stereocenters. The lowest BCUT2D eigenvalue weighted by molar-refractivity contribution is 0.160. The molecule has 0 radical (unpaired) electrons. The molecule has 6 rings (SSSR count). The van der Waals surface area contributed by atoms with Crippen LogP contribution in [0, 0.1) is 5.92 Å². The van der Waals surface area contributed by atoms with Crippen molar-refractivity contribution in [1.29, 1.82) is 0 Å². The molecular weight excluding hydrogens is 434 g/mol. The topological polar surface area (TPSA) is 46.4 Å². The van der Waals surface area contributed by atoms with Crippen LogP contribution in [-0.2, 0) is 19.5 Å². The lowest BCUT2D eigenvalue weighted by Crippen LogP contribution is -2.37. The molecule has 1 saturated carbocycles. The third-order valence-electron chi connectivity index (χ3n) is 8.25. The van der Waals surface area contributed by atoms with E-state index >= 15 is 0 Å². The van der Waals surface area contributed by atoms with Crippen LogP contribution in [0.4, 0.5) is 0 Å². The van der Waals surface area contributed by atoms with E-state index in [0.717, 1.165) is 67.4 Å². The lowest BCUT2D eigenvalue weighted by atomic mass is 9.71. The zero-order valence-electron chi connectivity index (χ0n) is 20.9. The number of nitrogens with zero attached hydrogens (tertiary/aromatic N) is 5. The zero-order valence-corrected chi connectivity index (χ0v) is 20.9. The Labute approximate surface area is 208 Å². The van der Waals surface area contributed by atoms with Gasteiger partial charge in [0.2, 0.25) is 0 Å². The van der Waals surface area contributed by atoms with Gasteiger partial charge in [0.15, 0.2) is 5.82 Å². The highest BCUT2D eigenvalue weighted by Crippen LogP contribution is 2.42. The Morgan fingerprint density at radius 1 is 0.886 bits per heavy atom. The second kappa shape index (κ2) is 10.1. The molecular formula is C29H37N5O. The zero-order chi connectivity index (χ0) is 23.6. The van der Waals surface area contributed by atoms with Crippen LogP contribution in [0.1, 0.15) is 48.6 Å². The SMILES string of the molecule is COc1cccc(-c2nnc3n2CCN(C[C@H]2C[C@H](c4ccc(CN5CCCC5)cc4)C2)CC3)c1. The molecule has 0 N–H and O–H groups in total. The van der Waals surface area contributed by atoms with Gasteiger partial charge in [-0.3, -0.25) is 4.90 Å². The molecule has 2 fully saturated rings. The maximum atomic E-state index is 5.41. The van der Waals surface area contributed by atoms with Crippen LogP contribution in [0.3, 0.4) is 0 Å². The van der Waals surface area contributed by atoms with Crippen LogP contribution in [0.2, 0.25) is 0 Å². The third kappa shape index (κ3) is 5.00. The fourth-order valence-electron chi connectivity index (χ4n) is 6.14. The first-order chi connectivity index (χ1) is 17.2. The second-order valence-corrected chi connectivity index (χ2v) is 10.6. The molecule has 1 aliphatic carbocycles. The average Bonchev–Trinajstić information content (AvgIpc) is 3.48. The van der Waals surface area contributed by atoms with Crippen LogP contribution < -0.4 is 4.74 Å². The Morgan fingerprint density at radius 3 is 2.51 bits per heavy atom. The Kier molecular flexibility index (Phi) is 6.57. The lowest BCUT2D eigenvalue weighted by Gasteiger charge is -2.38. The van der Waals surface area contributed by atoms with Crippen LogP contribution in [0.5, 0.6) is 5.75 Å². The molecule has 1 saturated heterocycles. The highest BCUT2D eigenvalue weighted by Gasteiger charge is 2.32. The highest BCUT2D eigenvalue weighted by molar-refractivity contribution is 5.58. The molecule has 1 aromatic heterocycles. The van der Waals surface area contributed by atoms with Gasteiger partial charge in [0.25, 0.3) is 0 Å². The molecule has 0 bridgehead atoms. The minimum atomic E-state index is 0.743. The van der Waals surface area contributed by atoms with Gasteiger partial charge < -0.3 is 14.2 Å². The molecule has 2 aromatic carbocycles. The van der Waals surface area contributed by atoms with Gasteiger partial charge in [-0.05, 0) is 73.9 Å². The number of likely N-dealkylation sites (tertiary alicyclic amines) is 1. The molecule has 0 amide bonds. The van der Waals surface area contributed by atoms with E-state index in [9.17, 15) is 0 Å². The number of hydrogen-bond donors (Lipinski definition) is 0. The number of rotatable bonds is 7. The normalized spacial score (nSPS) is 23.0. The molecule has 3 aliphatic rings. The highest BCUT2D eigenvalue weighted by atomic mass is 16.5. The van der Waals surface area contributed by atoms with Gasteiger partial charge in [-0.15, -0.1) is 10.2 Å². The number of ether oxygens (including phenoxy) is 1. The van der Waals surface area contributed by atoms with Gasteiger partial charge in [0, 0.05) is 44.7 Å². The Balaban J connectivity index is 1.01. The van der Waals surface area contributed by atoms with Crippen molar-refractivity contribution < 1.29 is 4.74 Å². The predicted molar refractivity (Wildman–Crippen MR) is 139 cm³/mol. The quantitative estimate of drug-likeness (QED) is 0.504. The number of fused-ring (bicyclic) bond motifs is 1. The Morgan fingerprint density at radius 2 is 1.71 bits per heavy atom. The van der Waals surface area contributed by atoms with E-state index in [2.05, 4.69) is 54.9 Å². The van der Waals surface area contributed by atoms with Gasteiger partial charge in [-0.25, -0.2) is 0 Å². The van der Waals surface area contributed by atoms with Crippen molar-refractivity contribution >= 4 is 0 Å². The number of methoxy groups -OCH3 is 1. The summed E-state index contributed by atoms with van der Waals surface area (Å²) in [4.78, 5) is 5.22. The van der Waals surface area contributed by atoms with Gasteiger partial charge in [-0.1, -0.05) is 36.4 Å². The first-order valence-corrected chi connectivity index (χ1v) is 13.4. The number of aromatic nitrogens is 3. The Hall–Kier alpha value is -2.70. The van der Waals surface area contributed by atoms with Crippen LogP contribution in [-0.4, -0.2) is 64.4 Å². The van der Waals surface area contributed by atoms with E-state index in [4.69, 9.17) is 4.74 Å². The fraction of sp³-hybridized carbons (Fsp3) is 0.517. The van der Waals surface area contributed by atoms with E-state index in [1.54, 1.807) is 7.11 Å². The molecule has 6 heteroatoms. The predicted octanol–water partition coefficient (Wildman–Crippen LogP) is 4.60. The summed E-state index contributed by atoms with van der Waals surface area (Å²) in [6.45, 7) is 7.94. The summed E-state index contributed by atoms with van der Waals surface area (Å²) in [6.07, 6.45) is 6.33. The molecule has 3 aromatic rings. The monoisotopic (exact) mass is 471 g/mol. The summed E-state index contributed by atoms with van der Waals surface area (Å²) >= 11 is 0.